The summed E-state index contributed by atoms with van der Waals surface area (Å²) in [6.07, 6.45) is 0.656. The van der Waals surface area contributed by atoms with Crippen molar-refractivity contribution in [3.05, 3.63) is 34.6 Å². The predicted molar refractivity (Wildman–Crippen MR) is 64.0 cm³/mol. The van der Waals surface area contributed by atoms with Crippen LogP contribution in [0.3, 0.4) is 0 Å². The maximum absolute atomic E-state index is 13.4. The first-order chi connectivity index (χ1) is 7.44. The van der Waals surface area contributed by atoms with Crippen molar-refractivity contribution in [3.63, 3.8) is 0 Å². The van der Waals surface area contributed by atoms with E-state index in [-0.39, 0.29) is 5.82 Å². The van der Waals surface area contributed by atoms with Crippen LogP contribution in [0.15, 0.2) is 18.2 Å². The van der Waals surface area contributed by atoms with Crippen LogP contribution in [0.1, 0.15) is 25.8 Å². The lowest BCUT2D eigenvalue weighted by Crippen LogP contribution is -2.36. The summed E-state index contributed by atoms with van der Waals surface area (Å²) in [4.78, 5) is 0. The summed E-state index contributed by atoms with van der Waals surface area (Å²) >= 11 is 5.65. The summed E-state index contributed by atoms with van der Waals surface area (Å²) < 4.78 is 13.4. The second-order valence-electron chi connectivity index (χ2n) is 4.19. The Labute approximate surface area is 100 Å². The van der Waals surface area contributed by atoms with E-state index in [0.717, 1.165) is 0 Å². The van der Waals surface area contributed by atoms with E-state index >= 15 is 0 Å². The average Bonchev–Trinajstić information content (AvgIpc) is 2.21. The van der Waals surface area contributed by atoms with E-state index in [0.29, 0.717) is 30.1 Å². The Bertz CT molecular complexity index is 355. The molecule has 90 valence electrons. The van der Waals surface area contributed by atoms with Gasteiger partial charge in [0.25, 0.3) is 0 Å². The molecular formula is C12H17ClFNO. The minimum atomic E-state index is -0.747. The Hall–Kier alpha value is -0.640. The molecule has 1 atom stereocenters. The molecule has 0 saturated carbocycles. The summed E-state index contributed by atoms with van der Waals surface area (Å²) in [6, 6.07) is 4.58. The van der Waals surface area contributed by atoms with Crippen molar-refractivity contribution in [2.24, 2.45) is 0 Å². The minimum absolute atomic E-state index is 0.323. The largest absolute Gasteiger partial charge is 0.389 e. The van der Waals surface area contributed by atoms with Crippen molar-refractivity contribution in [2.75, 3.05) is 6.54 Å². The Balaban J connectivity index is 2.49. The van der Waals surface area contributed by atoms with Crippen LogP contribution in [0, 0.1) is 5.82 Å². The molecule has 0 heterocycles. The Morgan fingerprint density at radius 1 is 1.50 bits per heavy atom. The fraction of sp³-hybridized carbons (Fsp3) is 0.500. The molecule has 16 heavy (non-hydrogen) atoms. The molecule has 1 rings (SSSR count). The molecule has 0 radical (unpaired) electrons. The van der Waals surface area contributed by atoms with Crippen LogP contribution in [0.5, 0.6) is 0 Å². The standard InChI is InChI=1S/C12H17ClFNO/c1-3-12(2,16)8-15-7-9-4-5-10(13)6-11(9)14/h4-6,15-16H,3,7-8H2,1-2H3. The number of nitrogens with one attached hydrogen (secondary N) is 1. The summed E-state index contributed by atoms with van der Waals surface area (Å²) in [7, 11) is 0. The number of rotatable bonds is 5. The van der Waals surface area contributed by atoms with Gasteiger partial charge in [-0.25, -0.2) is 4.39 Å². The molecule has 1 aromatic carbocycles. The van der Waals surface area contributed by atoms with Gasteiger partial charge in [-0.3, -0.25) is 0 Å². The molecule has 2 N–H and O–H groups in total. The molecule has 0 aliphatic rings. The number of halogens is 2. The third-order valence-electron chi connectivity index (χ3n) is 2.60. The van der Waals surface area contributed by atoms with Crippen LogP contribution in [0.4, 0.5) is 4.39 Å². The number of aliphatic hydroxyl groups is 1. The van der Waals surface area contributed by atoms with Crippen LogP contribution in [0.25, 0.3) is 0 Å². The quantitative estimate of drug-likeness (QED) is 0.836. The highest BCUT2D eigenvalue weighted by atomic mass is 35.5. The molecule has 0 aliphatic carbocycles. The van der Waals surface area contributed by atoms with E-state index in [9.17, 15) is 9.50 Å². The fourth-order valence-corrected chi connectivity index (χ4v) is 1.42. The van der Waals surface area contributed by atoms with E-state index < -0.39 is 5.60 Å². The lowest BCUT2D eigenvalue weighted by atomic mass is 10.0. The van der Waals surface area contributed by atoms with Gasteiger partial charge in [-0.2, -0.15) is 0 Å². The minimum Gasteiger partial charge on any atom is -0.389 e. The molecule has 0 fully saturated rings. The third kappa shape index (κ3) is 4.08. The van der Waals surface area contributed by atoms with Gasteiger partial charge in [0.15, 0.2) is 0 Å². The van der Waals surface area contributed by atoms with E-state index in [1.165, 1.54) is 6.07 Å². The summed E-state index contributed by atoms with van der Waals surface area (Å²) in [5.41, 5.74) is -0.195. The molecule has 4 heteroatoms. The summed E-state index contributed by atoms with van der Waals surface area (Å²) in [5, 5.41) is 13.1. The Morgan fingerprint density at radius 2 is 2.19 bits per heavy atom. The smallest absolute Gasteiger partial charge is 0.129 e. The normalized spacial score (nSPS) is 14.8. The van der Waals surface area contributed by atoms with Gasteiger partial charge >= 0.3 is 0 Å². The van der Waals surface area contributed by atoms with Gasteiger partial charge in [-0.05, 0) is 25.5 Å². The number of hydrogen-bond donors (Lipinski definition) is 2. The SMILES string of the molecule is CCC(C)(O)CNCc1ccc(Cl)cc1F. The lowest BCUT2D eigenvalue weighted by Gasteiger charge is -2.21. The first-order valence-corrected chi connectivity index (χ1v) is 5.69. The van der Waals surface area contributed by atoms with E-state index in [1.807, 2.05) is 6.92 Å². The van der Waals surface area contributed by atoms with Gasteiger partial charge in [0, 0.05) is 23.7 Å². The van der Waals surface area contributed by atoms with Crippen molar-refractivity contribution in [3.8, 4) is 0 Å². The topological polar surface area (TPSA) is 32.3 Å². The monoisotopic (exact) mass is 245 g/mol. The van der Waals surface area contributed by atoms with Crippen molar-refractivity contribution in [1.29, 1.82) is 0 Å². The molecule has 1 aromatic rings. The maximum atomic E-state index is 13.4. The zero-order valence-electron chi connectivity index (χ0n) is 9.56. The molecule has 0 saturated heterocycles. The van der Waals surface area contributed by atoms with Crippen molar-refractivity contribution in [1.82, 2.24) is 5.32 Å². The van der Waals surface area contributed by atoms with Crippen LogP contribution in [-0.4, -0.2) is 17.3 Å². The summed E-state index contributed by atoms with van der Waals surface area (Å²) in [6.45, 7) is 4.48. The van der Waals surface area contributed by atoms with Crippen LogP contribution in [0.2, 0.25) is 5.02 Å². The maximum Gasteiger partial charge on any atom is 0.129 e. The van der Waals surface area contributed by atoms with Gasteiger partial charge in [-0.1, -0.05) is 24.6 Å². The Morgan fingerprint density at radius 3 is 2.75 bits per heavy atom. The zero-order valence-corrected chi connectivity index (χ0v) is 10.3. The average molecular weight is 246 g/mol. The molecule has 0 aromatic heterocycles. The fourth-order valence-electron chi connectivity index (χ4n) is 1.26. The van der Waals surface area contributed by atoms with Gasteiger partial charge in [0.1, 0.15) is 5.82 Å². The van der Waals surface area contributed by atoms with Crippen molar-refractivity contribution in [2.45, 2.75) is 32.4 Å². The molecule has 1 unspecified atom stereocenters. The van der Waals surface area contributed by atoms with Crippen molar-refractivity contribution < 1.29 is 9.50 Å². The van der Waals surface area contributed by atoms with E-state index in [1.54, 1.807) is 19.1 Å². The zero-order chi connectivity index (χ0) is 12.2. The van der Waals surface area contributed by atoms with Crippen LogP contribution in [-0.2, 0) is 6.54 Å². The molecule has 0 spiro atoms. The van der Waals surface area contributed by atoms with Gasteiger partial charge < -0.3 is 10.4 Å². The van der Waals surface area contributed by atoms with E-state index in [4.69, 9.17) is 11.6 Å². The van der Waals surface area contributed by atoms with Gasteiger partial charge in [0.2, 0.25) is 0 Å². The molecule has 0 aliphatic heterocycles. The van der Waals surface area contributed by atoms with Gasteiger partial charge in [0.05, 0.1) is 5.60 Å². The molecular weight excluding hydrogens is 229 g/mol. The highest BCUT2D eigenvalue weighted by Crippen LogP contribution is 2.14. The lowest BCUT2D eigenvalue weighted by molar-refractivity contribution is 0.0555. The number of benzene rings is 1. The molecule has 2 nitrogen and oxygen atoms in total. The first-order valence-electron chi connectivity index (χ1n) is 5.31. The molecule has 0 amide bonds. The van der Waals surface area contributed by atoms with Crippen LogP contribution >= 0.6 is 11.6 Å². The van der Waals surface area contributed by atoms with Gasteiger partial charge in [-0.15, -0.1) is 0 Å². The van der Waals surface area contributed by atoms with Crippen molar-refractivity contribution >= 4 is 11.6 Å². The summed E-state index contributed by atoms with van der Waals surface area (Å²) in [5.74, 6) is -0.323. The van der Waals surface area contributed by atoms with E-state index in [2.05, 4.69) is 5.32 Å². The second-order valence-corrected chi connectivity index (χ2v) is 4.63. The second kappa shape index (κ2) is 5.62. The predicted octanol–water partition coefficient (Wildman–Crippen LogP) is 2.73. The number of hydrogen-bond acceptors (Lipinski definition) is 2. The van der Waals surface area contributed by atoms with Crippen LogP contribution < -0.4 is 5.32 Å². The molecule has 0 bridgehead atoms. The Kier molecular flexibility index (Phi) is 4.71. The first kappa shape index (κ1) is 13.4. The highest BCUT2D eigenvalue weighted by molar-refractivity contribution is 6.30. The third-order valence-corrected chi connectivity index (χ3v) is 2.83. The highest BCUT2D eigenvalue weighted by Gasteiger charge is 2.16.